The molecule has 0 aromatic heterocycles. The fourth-order valence-electron chi connectivity index (χ4n) is 7.34. The smallest absolute Gasteiger partial charge is 0.326 e. The van der Waals surface area contributed by atoms with Crippen molar-refractivity contribution in [2.75, 3.05) is 13.1 Å². The summed E-state index contributed by atoms with van der Waals surface area (Å²) in [6.45, 7) is 16.3. The highest BCUT2D eigenvalue weighted by Gasteiger charge is 2.39. The molecule has 0 radical (unpaired) electrons. The second-order valence-corrected chi connectivity index (χ2v) is 18.4. The number of nitrogens with one attached hydrogen (secondary N) is 7. The van der Waals surface area contributed by atoms with Gasteiger partial charge in [0.15, 0.2) is 0 Å². The lowest BCUT2D eigenvalue weighted by atomic mass is 9.98. The molecule has 1 aromatic rings. The largest absolute Gasteiger partial charge is 0.508 e. The van der Waals surface area contributed by atoms with Gasteiger partial charge in [-0.25, -0.2) is 4.79 Å². The molecule has 1 saturated heterocycles. The number of nitrogens with two attached hydrogens (primary N) is 1. The standard InChI is InChI=1S/C46H75N9O12/c1-11-25(7)35(47)45(65)55-19-13-14-33(55)42(62)49-27(9)39(59)50-32(21-29-15-17-30(57)18-16-29)40(60)48-22-34(58)52-36(24(5)6)43(63)51-31(20-23(3)4)41(61)54-38(28(10)56)44(64)53-37(46(66)67)26(8)12-2/h15-18,23-28,31-33,35-38,56-57H,11-14,19-22,47H2,1-10H3,(H,48,60)(H,49,62)(H,50,59)(H,51,63)(H,52,58)(H,53,64)(H,54,61)(H,66,67)/t25-,26-,27-,28+,31-,32-,33-,35-,36-,37-,38-/m0/s1. The molecule has 1 aliphatic rings. The first-order chi connectivity index (χ1) is 31.3. The Balaban J connectivity index is 2.18. The maximum Gasteiger partial charge on any atom is 0.326 e. The number of amides is 8. The number of rotatable bonds is 26. The van der Waals surface area contributed by atoms with Gasteiger partial charge < -0.3 is 63.2 Å². The Morgan fingerprint density at radius 1 is 0.701 bits per heavy atom. The zero-order valence-corrected chi connectivity index (χ0v) is 40.5. The lowest BCUT2D eigenvalue weighted by Crippen LogP contribution is -2.61. The summed E-state index contributed by atoms with van der Waals surface area (Å²) in [6.07, 6.45) is 0.579. The van der Waals surface area contributed by atoms with E-state index in [1.54, 1.807) is 41.5 Å². The molecular weight excluding hydrogens is 871 g/mol. The fourth-order valence-corrected chi connectivity index (χ4v) is 7.34. The maximum absolute atomic E-state index is 13.7. The summed E-state index contributed by atoms with van der Waals surface area (Å²) < 4.78 is 0. The Hall–Kier alpha value is -5.83. The third kappa shape index (κ3) is 17.7. The molecule has 8 amide bonds. The molecule has 0 unspecified atom stereocenters. The van der Waals surface area contributed by atoms with E-state index in [1.807, 2.05) is 13.8 Å². The first-order valence-corrected chi connectivity index (χ1v) is 23.2. The molecular formula is C46H75N9O12. The van der Waals surface area contributed by atoms with Crippen LogP contribution in [0, 0.1) is 23.7 Å². The fraction of sp³-hybridized carbons (Fsp3) is 0.674. The Morgan fingerprint density at radius 2 is 1.27 bits per heavy atom. The number of phenols is 1. The second-order valence-electron chi connectivity index (χ2n) is 18.4. The number of benzene rings is 1. The number of aliphatic hydroxyl groups is 1. The molecule has 67 heavy (non-hydrogen) atoms. The van der Waals surface area contributed by atoms with E-state index in [1.165, 1.54) is 43.0 Å². The van der Waals surface area contributed by atoms with Crippen LogP contribution in [0.5, 0.6) is 5.75 Å². The van der Waals surface area contributed by atoms with Crippen molar-refractivity contribution in [2.24, 2.45) is 29.4 Å². The van der Waals surface area contributed by atoms with Gasteiger partial charge in [-0.15, -0.1) is 0 Å². The number of phenolic OH excluding ortho intramolecular Hbond substituents is 1. The summed E-state index contributed by atoms with van der Waals surface area (Å²) in [5.41, 5.74) is 6.71. The minimum atomic E-state index is -1.57. The molecule has 1 aliphatic heterocycles. The number of nitrogens with zero attached hydrogens (tertiary/aromatic N) is 1. The summed E-state index contributed by atoms with van der Waals surface area (Å²) in [5, 5.41) is 47.6. The third-order valence-corrected chi connectivity index (χ3v) is 12.0. The number of likely N-dealkylation sites (tertiary alicyclic amines) is 1. The van der Waals surface area contributed by atoms with Crippen molar-refractivity contribution in [2.45, 2.75) is 162 Å². The molecule has 1 fully saturated rings. The maximum atomic E-state index is 13.7. The molecule has 0 bridgehead atoms. The zero-order chi connectivity index (χ0) is 50.9. The molecule has 2 rings (SSSR count). The molecule has 11 atom stereocenters. The molecule has 1 aromatic carbocycles. The van der Waals surface area contributed by atoms with Gasteiger partial charge in [0.1, 0.15) is 48.0 Å². The van der Waals surface area contributed by atoms with Crippen LogP contribution in [0.3, 0.4) is 0 Å². The van der Waals surface area contributed by atoms with E-state index < -0.39 is 120 Å². The molecule has 1 heterocycles. The van der Waals surface area contributed by atoms with Crippen molar-refractivity contribution in [3.63, 3.8) is 0 Å². The van der Waals surface area contributed by atoms with Crippen molar-refractivity contribution >= 4 is 53.2 Å². The van der Waals surface area contributed by atoms with Gasteiger partial charge in [-0.3, -0.25) is 38.4 Å². The van der Waals surface area contributed by atoms with Gasteiger partial charge in [-0.1, -0.05) is 80.4 Å². The Kier molecular flexibility index (Phi) is 23.2. The van der Waals surface area contributed by atoms with Crippen molar-refractivity contribution in [1.29, 1.82) is 0 Å². The summed E-state index contributed by atoms with van der Waals surface area (Å²) in [7, 11) is 0. The number of carboxylic acids is 1. The van der Waals surface area contributed by atoms with E-state index in [0.717, 1.165) is 0 Å². The van der Waals surface area contributed by atoms with E-state index in [2.05, 4.69) is 37.2 Å². The summed E-state index contributed by atoms with van der Waals surface area (Å²) in [5.74, 6) is -8.39. The number of aliphatic carboxylic acids is 1. The number of aliphatic hydroxyl groups excluding tert-OH is 1. The van der Waals surface area contributed by atoms with E-state index in [9.17, 15) is 58.5 Å². The lowest BCUT2D eigenvalue weighted by molar-refractivity contribution is -0.144. The predicted octanol–water partition coefficient (Wildman–Crippen LogP) is -0.442. The normalized spacial score (nSPS) is 18.1. The van der Waals surface area contributed by atoms with Crippen LogP contribution in [0.4, 0.5) is 0 Å². The zero-order valence-electron chi connectivity index (χ0n) is 40.5. The number of hydrogen-bond donors (Lipinski definition) is 11. The van der Waals surface area contributed by atoms with Crippen molar-refractivity contribution in [3.05, 3.63) is 29.8 Å². The highest BCUT2D eigenvalue weighted by molar-refractivity contribution is 5.97. The minimum absolute atomic E-state index is 0.0363. The Morgan fingerprint density at radius 3 is 1.81 bits per heavy atom. The van der Waals surface area contributed by atoms with Gasteiger partial charge >= 0.3 is 5.97 Å². The van der Waals surface area contributed by atoms with E-state index in [4.69, 9.17) is 5.73 Å². The van der Waals surface area contributed by atoms with Crippen LogP contribution < -0.4 is 43.0 Å². The van der Waals surface area contributed by atoms with Crippen LogP contribution in [-0.4, -0.2) is 141 Å². The highest BCUT2D eigenvalue weighted by Crippen LogP contribution is 2.21. The number of carbonyl (C=O) groups is 9. The third-order valence-electron chi connectivity index (χ3n) is 12.0. The Labute approximate surface area is 393 Å². The second kappa shape index (κ2) is 27.1. The molecule has 376 valence electrons. The lowest BCUT2D eigenvalue weighted by Gasteiger charge is -2.29. The summed E-state index contributed by atoms with van der Waals surface area (Å²) >= 11 is 0. The number of carboxylic acid groups (broad SMARTS) is 1. The van der Waals surface area contributed by atoms with Gasteiger partial charge in [0.05, 0.1) is 18.7 Å². The summed E-state index contributed by atoms with van der Waals surface area (Å²) in [4.78, 5) is 121. The van der Waals surface area contributed by atoms with Gasteiger partial charge in [-0.2, -0.15) is 0 Å². The SMILES string of the molecule is CC[C@H](C)[C@H](N)C(=O)N1CCC[C@H]1C(=O)N[C@@H](C)C(=O)N[C@@H](Cc1ccc(O)cc1)C(=O)NCC(=O)N[C@H](C(=O)N[C@@H](CC(C)C)C(=O)N[C@H](C(=O)N[C@H](C(=O)O)[C@@H](C)CC)[C@@H](C)O)C(C)C. The first-order valence-electron chi connectivity index (χ1n) is 23.2. The van der Waals surface area contributed by atoms with Gasteiger partial charge in [0.2, 0.25) is 47.3 Å². The van der Waals surface area contributed by atoms with Crippen LogP contribution >= 0.6 is 0 Å². The number of carbonyl (C=O) groups excluding carboxylic acids is 8. The number of hydrogen-bond acceptors (Lipinski definition) is 12. The van der Waals surface area contributed by atoms with Crippen molar-refractivity contribution < 1.29 is 58.5 Å². The minimum Gasteiger partial charge on any atom is -0.508 e. The molecule has 0 aliphatic carbocycles. The molecule has 21 heteroatoms. The van der Waals surface area contributed by atoms with Gasteiger partial charge in [-0.05, 0) is 74.5 Å². The van der Waals surface area contributed by atoms with Crippen molar-refractivity contribution in [3.8, 4) is 5.75 Å². The van der Waals surface area contributed by atoms with Crippen LogP contribution in [0.25, 0.3) is 0 Å². The number of aromatic hydroxyl groups is 1. The predicted molar refractivity (Wildman–Crippen MR) is 247 cm³/mol. The highest BCUT2D eigenvalue weighted by atomic mass is 16.4. The molecule has 0 saturated carbocycles. The summed E-state index contributed by atoms with van der Waals surface area (Å²) in [6, 6.07) is -3.56. The van der Waals surface area contributed by atoms with Crippen LogP contribution in [0.15, 0.2) is 24.3 Å². The van der Waals surface area contributed by atoms with E-state index in [-0.39, 0.29) is 36.3 Å². The van der Waals surface area contributed by atoms with Crippen LogP contribution in [0.1, 0.15) is 107 Å². The van der Waals surface area contributed by atoms with E-state index >= 15 is 0 Å². The molecule has 21 nitrogen and oxygen atoms in total. The quantitative estimate of drug-likeness (QED) is 0.0562. The van der Waals surface area contributed by atoms with Crippen molar-refractivity contribution in [1.82, 2.24) is 42.1 Å². The van der Waals surface area contributed by atoms with Crippen LogP contribution in [0.2, 0.25) is 0 Å². The topological polar surface area (TPSA) is 328 Å². The van der Waals surface area contributed by atoms with Gasteiger partial charge in [0.25, 0.3) is 0 Å². The van der Waals surface area contributed by atoms with E-state index in [0.29, 0.717) is 37.8 Å². The monoisotopic (exact) mass is 946 g/mol. The first kappa shape index (κ1) is 57.3. The average Bonchev–Trinajstić information content (AvgIpc) is 3.77. The van der Waals surface area contributed by atoms with Gasteiger partial charge in [0, 0.05) is 13.0 Å². The molecule has 12 N–H and O–H groups in total. The molecule has 0 spiro atoms. The average molecular weight is 946 g/mol. The Bertz CT molecular complexity index is 1880. The van der Waals surface area contributed by atoms with Crippen LogP contribution in [-0.2, 0) is 49.6 Å².